The second-order valence-electron chi connectivity index (χ2n) is 4.71. The third-order valence-electron chi connectivity index (χ3n) is 3.40. The maximum Gasteiger partial charge on any atom is 0.0416 e. The molecular formula is C14H22N2. The zero-order chi connectivity index (χ0) is 11.1. The maximum absolute atomic E-state index is 4.34. The van der Waals surface area contributed by atoms with Crippen molar-refractivity contribution >= 4 is 0 Å². The first-order valence-corrected chi connectivity index (χ1v) is 6.58. The van der Waals surface area contributed by atoms with Gasteiger partial charge < -0.3 is 5.32 Å². The van der Waals surface area contributed by atoms with Crippen LogP contribution in [-0.4, -0.2) is 17.6 Å². The summed E-state index contributed by atoms with van der Waals surface area (Å²) in [4.78, 5) is 4.34. The Balaban J connectivity index is 1.67. The molecule has 2 heteroatoms. The molecule has 0 saturated heterocycles. The van der Waals surface area contributed by atoms with E-state index in [1.54, 1.807) is 0 Å². The van der Waals surface area contributed by atoms with Crippen molar-refractivity contribution in [2.75, 3.05) is 6.54 Å². The van der Waals surface area contributed by atoms with Crippen LogP contribution in [-0.2, 0) is 6.42 Å². The Morgan fingerprint density at radius 1 is 1.12 bits per heavy atom. The zero-order valence-electron chi connectivity index (χ0n) is 9.99. The molecule has 0 radical (unpaired) electrons. The predicted molar refractivity (Wildman–Crippen MR) is 67.4 cm³/mol. The largest absolute Gasteiger partial charge is 0.314 e. The van der Waals surface area contributed by atoms with E-state index in [1.807, 2.05) is 12.3 Å². The summed E-state index contributed by atoms with van der Waals surface area (Å²) in [7, 11) is 0. The van der Waals surface area contributed by atoms with Crippen LogP contribution in [0.4, 0.5) is 0 Å². The monoisotopic (exact) mass is 218 g/mol. The fraction of sp³-hybridized carbons (Fsp3) is 0.643. The highest BCUT2D eigenvalue weighted by Crippen LogP contribution is 2.16. The molecule has 2 rings (SSSR count). The summed E-state index contributed by atoms with van der Waals surface area (Å²) in [5.74, 6) is 0. The summed E-state index contributed by atoms with van der Waals surface area (Å²) in [6.07, 6.45) is 11.3. The van der Waals surface area contributed by atoms with Crippen molar-refractivity contribution in [1.29, 1.82) is 0 Å². The topological polar surface area (TPSA) is 24.9 Å². The van der Waals surface area contributed by atoms with Gasteiger partial charge in [0.15, 0.2) is 0 Å². The molecule has 1 aromatic rings. The van der Waals surface area contributed by atoms with Gasteiger partial charge in [-0.15, -0.1) is 0 Å². The minimum absolute atomic E-state index is 0.756. The molecule has 1 aliphatic carbocycles. The number of nitrogens with zero attached hydrogens (tertiary/aromatic N) is 1. The average molecular weight is 218 g/mol. The van der Waals surface area contributed by atoms with E-state index < -0.39 is 0 Å². The quantitative estimate of drug-likeness (QED) is 0.786. The molecule has 1 N–H and O–H groups in total. The number of aromatic nitrogens is 1. The fourth-order valence-corrected chi connectivity index (χ4v) is 2.43. The van der Waals surface area contributed by atoms with Gasteiger partial charge in [-0.25, -0.2) is 0 Å². The van der Waals surface area contributed by atoms with E-state index >= 15 is 0 Å². The average Bonchev–Trinajstić information content (AvgIpc) is 2.59. The van der Waals surface area contributed by atoms with E-state index in [9.17, 15) is 0 Å². The van der Waals surface area contributed by atoms with Crippen LogP contribution in [0.25, 0.3) is 0 Å². The van der Waals surface area contributed by atoms with E-state index in [2.05, 4.69) is 22.4 Å². The number of hydrogen-bond acceptors (Lipinski definition) is 2. The second-order valence-corrected chi connectivity index (χ2v) is 4.71. The van der Waals surface area contributed by atoms with Crippen molar-refractivity contribution in [2.24, 2.45) is 0 Å². The van der Waals surface area contributed by atoms with Gasteiger partial charge in [0.25, 0.3) is 0 Å². The lowest BCUT2D eigenvalue weighted by Crippen LogP contribution is -2.30. The molecule has 0 unspecified atom stereocenters. The third kappa shape index (κ3) is 3.93. The van der Waals surface area contributed by atoms with Crippen LogP contribution in [0.1, 0.15) is 44.2 Å². The SMILES string of the molecule is c1ccc(CCNC2CCCCCC2)nc1. The summed E-state index contributed by atoms with van der Waals surface area (Å²) < 4.78 is 0. The van der Waals surface area contributed by atoms with Crippen LogP contribution in [0.15, 0.2) is 24.4 Å². The first kappa shape index (κ1) is 11.6. The van der Waals surface area contributed by atoms with Crippen LogP contribution in [0.3, 0.4) is 0 Å². The lowest BCUT2D eigenvalue weighted by atomic mass is 10.1. The minimum atomic E-state index is 0.756. The molecule has 1 aliphatic rings. The molecule has 1 aromatic heterocycles. The molecule has 0 aliphatic heterocycles. The van der Waals surface area contributed by atoms with Gasteiger partial charge in [-0.2, -0.15) is 0 Å². The molecule has 16 heavy (non-hydrogen) atoms. The molecule has 0 aromatic carbocycles. The number of pyridine rings is 1. The first-order chi connectivity index (χ1) is 7.95. The van der Waals surface area contributed by atoms with Crippen molar-refractivity contribution in [3.8, 4) is 0 Å². The van der Waals surface area contributed by atoms with Crippen molar-refractivity contribution in [2.45, 2.75) is 51.0 Å². The normalized spacial score (nSPS) is 18.2. The van der Waals surface area contributed by atoms with Gasteiger partial charge >= 0.3 is 0 Å². The predicted octanol–water partition coefficient (Wildman–Crippen LogP) is 2.94. The molecule has 1 fully saturated rings. The molecule has 2 nitrogen and oxygen atoms in total. The molecule has 0 spiro atoms. The smallest absolute Gasteiger partial charge is 0.0416 e. The van der Waals surface area contributed by atoms with Crippen LogP contribution in [0, 0.1) is 0 Å². The van der Waals surface area contributed by atoms with Crippen molar-refractivity contribution < 1.29 is 0 Å². The number of nitrogens with one attached hydrogen (secondary N) is 1. The van der Waals surface area contributed by atoms with E-state index in [1.165, 1.54) is 44.2 Å². The van der Waals surface area contributed by atoms with Gasteiger partial charge in [0, 0.05) is 30.9 Å². The molecule has 0 amide bonds. The van der Waals surface area contributed by atoms with E-state index in [0.717, 1.165) is 19.0 Å². The second kappa shape index (κ2) is 6.64. The van der Waals surface area contributed by atoms with Crippen molar-refractivity contribution in [3.05, 3.63) is 30.1 Å². The summed E-state index contributed by atoms with van der Waals surface area (Å²) in [5, 5.41) is 3.67. The lowest BCUT2D eigenvalue weighted by Gasteiger charge is -2.15. The van der Waals surface area contributed by atoms with Crippen LogP contribution in [0.2, 0.25) is 0 Å². The molecule has 1 heterocycles. The summed E-state index contributed by atoms with van der Waals surface area (Å²) >= 11 is 0. The molecular weight excluding hydrogens is 196 g/mol. The Bertz CT molecular complexity index is 276. The standard InChI is InChI=1S/C14H22N2/c1-2-4-8-13(7-3-1)16-12-10-14-9-5-6-11-15-14/h5-6,9,11,13,16H,1-4,7-8,10,12H2. The maximum atomic E-state index is 4.34. The van der Waals surface area contributed by atoms with E-state index in [0.29, 0.717) is 0 Å². The van der Waals surface area contributed by atoms with Gasteiger partial charge in [0.1, 0.15) is 0 Å². The molecule has 0 bridgehead atoms. The lowest BCUT2D eigenvalue weighted by molar-refractivity contribution is 0.462. The Hall–Kier alpha value is -0.890. The van der Waals surface area contributed by atoms with Crippen LogP contribution in [0.5, 0.6) is 0 Å². The summed E-state index contributed by atoms with van der Waals surface area (Å²) in [5.41, 5.74) is 1.20. The molecule has 0 atom stereocenters. The first-order valence-electron chi connectivity index (χ1n) is 6.58. The zero-order valence-corrected chi connectivity index (χ0v) is 9.99. The summed E-state index contributed by atoms with van der Waals surface area (Å²) in [6, 6.07) is 6.90. The van der Waals surface area contributed by atoms with Gasteiger partial charge in [0.2, 0.25) is 0 Å². The Kier molecular flexibility index (Phi) is 4.81. The van der Waals surface area contributed by atoms with Crippen molar-refractivity contribution in [1.82, 2.24) is 10.3 Å². The summed E-state index contributed by atoms with van der Waals surface area (Å²) in [6.45, 7) is 1.07. The van der Waals surface area contributed by atoms with Crippen LogP contribution >= 0.6 is 0 Å². The van der Waals surface area contributed by atoms with E-state index in [4.69, 9.17) is 0 Å². The van der Waals surface area contributed by atoms with Gasteiger partial charge in [-0.05, 0) is 25.0 Å². The Morgan fingerprint density at radius 2 is 1.94 bits per heavy atom. The number of rotatable bonds is 4. The highest BCUT2D eigenvalue weighted by atomic mass is 14.9. The van der Waals surface area contributed by atoms with Gasteiger partial charge in [0.05, 0.1) is 0 Å². The fourth-order valence-electron chi connectivity index (χ4n) is 2.43. The van der Waals surface area contributed by atoms with Gasteiger partial charge in [-0.1, -0.05) is 31.7 Å². The van der Waals surface area contributed by atoms with E-state index in [-0.39, 0.29) is 0 Å². The number of hydrogen-bond donors (Lipinski definition) is 1. The molecule has 88 valence electrons. The van der Waals surface area contributed by atoms with Gasteiger partial charge in [-0.3, -0.25) is 4.98 Å². The minimum Gasteiger partial charge on any atom is -0.314 e. The molecule has 1 saturated carbocycles. The van der Waals surface area contributed by atoms with Crippen LogP contribution < -0.4 is 5.32 Å². The highest BCUT2D eigenvalue weighted by Gasteiger charge is 2.10. The highest BCUT2D eigenvalue weighted by molar-refractivity contribution is 5.03. The third-order valence-corrected chi connectivity index (χ3v) is 3.40. The van der Waals surface area contributed by atoms with Crippen molar-refractivity contribution in [3.63, 3.8) is 0 Å². The Morgan fingerprint density at radius 3 is 2.62 bits per heavy atom. The Labute approximate surface area is 98.5 Å².